The summed E-state index contributed by atoms with van der Waals surface area (Å²) < 4.78 is 18.3. The number of hydrogen-bond donors (Lipinski definition) is 4. The number of aliphatic hydroxyl groups is 4. The van der Waals surface area contributed by atoms with E-state index in [2.05, 4.69) is 0 Å². The molecule has 0 aromatic heterocycles. The average Bonchev–Trinajstić information content (AvgIpc) is 2.53. The number of rotatable bonds is 5. The van der Waals surface area contributed by atoms with Crippen LogP contribution in [-0.4, -0.2) is 64.3 Å². The standard InChI is InChI=1S/C15H20O6/c16-9-11-12(17)13(18)14(19)15(21-11)20-8-4-7-10-5-2-1-3-6-10/h1-7,11-19H,8-9H2/b7-4+/t11-,12-,13+,14-,15?/m1/s1/i4D. The number of aliphatic hydroxyl groups excluding tert-OH is 4. The lowest BCUT2D eigenvalue weighted by molar-refractivity contribution is -0.298. The van der Waals surface area contributed by atoms with Crippen LogP contribution in [0.25, 0.3) is 6.08 Å². The number of ether oxygens (including phenoxy) is 2. The predicted molar refractivity (Wildman–Crippen MR) is 75.2 cm³/mol. The van der Waals surface area contributed by atoms with Gasteiger partial charge in [-0.2, -0.15) is 0 Å². The molecule has 0 radical (unpaired) electrons. The first kappa shape index (κ1) is 14.6. The van der Waals surface area contributed by atoms with E-state index < -0.39 is 37.3 Å². The maximum absolute atomic E-state index is 9.80. The van der Waals surface area contributed by atoms with Crippen LogP contribution >= 0.6 is 0 Å². The molecule has 1 saturated heterocycles. The van der Waals surface area contributed by atoms with Crippen LogP contribution in [0.1, 0.15) is 6.93 Å². The number of hydrogen-bond acceptors (Lipinski definition) is 6. The van der Waals surface area contributed by atoms with Crippen LogP contribution < -0.4 is 0 Å². The fourth-order valence-electron chi connectivity index (χ4n) is 2.04. The lowest BCUT2D eigenvalue weighted by atomic mass is 9.99. The van der Waals surface area contributed by atoms with Crippen molar-refractivity contribution in [2.45, 2.75) is 30.7 Å². The first-order chi connectivity index (χ1) is 10.5. The Morgan fingerprint density at radius 1 is 1.14 bits per heavy atom. The van der Waals surface area contributed by atoms with E-state index in [1.54, 1.807) is 6.08 Å². The van der Waals surface area contributed by atoms with Gasteiger partial charge in [-0.25, -0.2) is 0 Å². The Labute approximate surface area is 124 Å². The minimum absolute atomic E-state index is 0.141. The highest BCUT2D eigenvalue weighted by Gasteiger charge is 2.43. The van der Waals surface area contributed by atoms with Crippen molar-refractivity contribution in [1.29, 1.82) is 0 Å². The predicted octanol–water partition coefficient (Wildman–Crippen LogP) is -0.484. The number of benzene rings is 1. The second kappa shape index (κ2) is 7.65. The van der Waals surface area contributed by atoms with Crippen LogP contribution in [-0.2, 0) is 9.47 Å². The molecule has 0 amide bonds. The Morgan fingerprint density at radius 3 is 2.52 bits per heavy atom. The van der Waals surface area contributed by atoms with E-state index in [4.69, 9.17) is 16.0 Å². The van der Waals surface area contributed by atoms with Crippen molar-refractivity contribution in [2.75, 3.05) is 13.2 Å². The summed E-state index contributed by atoms with van der Waals surface area (Å²) in [5, 5.41) is 38.2. The molecule has 5 atom stereocenters. The molecule has 0 saturated carbocycles. The molecule has 0 bridgehead atoms. The van der Waals surface area contributed by atoms with Crippen LogP contribution in [0.15, 0.2) is 36.4 Å². The molecule has 1 unspecified atom stereocenters. The lowest BCUT2D eigenvalue weighted by Gasteiger charge is -2.39. The van der Waals surface area contributed by atoms with Gasteiger partial charge in [0.2, 0.25) is 0 Å². The molecule has 6 nitrogen and oxygen atoms in total. The molecule has 0 aliphatic carbocycles. The van der Waals surface area contributed by atoms with Gasteiger partial charge in [-0.3, -0.25) is 0 Å². The van der Waals surface area contributed by atoms with E-state index in [1.165, 1.54) is 0 Å². The Bertz CT molecular complexity index is 492. The minimum Gasteiger partial charge on any atom is -0.394 e. The zero-order valence-electron chi connectivity index (χ0n) is 12.4. The molecule has 1 fully saturated rings. The van der Waals surface area contributed by atoms with Gasteiger partial charge in [-0.15, -0.1) is 0 Å². The Balaban J connectivity index is 1.94. The van der Waals surface area contributed by atoms with E-state index in [1.807, 2.05) is 30.3 Å². The fraction of sp³-hybridized carbons (Fsp3) is 0.467. The molecule has 6 heteroatoms. The first-order valence-corrected chi connectivity index (χ1v) is 6.67. The molecule has 1 aromatic carbocycles. The van der Waals surface area contributed by atoms with Gasteiger partial charge >= 0.3 is 0 Å². The van der Waals surface area contributed by atoms with Crippen molar-refractivity contribution in [3.8, 4) is 0 Å². The van der Waals surface area contributed by atoms with Crippen LogP contribution in [0.2, 0.25) is 0 Å². The van der Waals surface area contributed by atoms with Crippen molar-refractivity contribution in [3.05, 3.63) is 41.9 Å². The summed E-state index contributed by atoms with van der Waals surface area (Å²) in [5.74, 6) is 0. The molecule has 116 valence electrons. The van der Waals surface area contributed by atoms with Crippen molar-refractivity contribution in [2.24, 2.45) is 0 Å². The molecule has 21 heavy (non-hydrogen) atoms. The van der Waals surface area contributed by atoms with E-state index in [0.717, 1.165) is 5.56 Å². The first-order valence-electron chi connectivity index (χ1n) is 7.17. The van der Waals surface area contributed by atoms with Crippen LogP contribution in [0.3, 0.4) is 0 Å². The summed E-state index contributed by atoms with van der Waals surface area (Å²) in [6.45, 7) is -0.657. The third-order valence-electron chi connectivity index (χ3n) is 3.25. The van der Waals surface area contributed by atoms with Gasteiger partial charge in [0.1, 0.15) is 24.4 Å². The lowest BCUT2D eigenvalue weighted by Crippen LogP contribution is -2.59. The van der Waals surface area contributed by atoms with Crippen molar-refractivity contribution < 1.29 is 31.3 Å². The monoisotopic (exact) mass is 297 g/mol. The Kier molecular flexibility index (Phi) is 5.34. The van der Waals surface area contributed by atoms with Crippen molar-refractivity contribution >= 4 is 6.08 Å². The fourth-order valence-corrected chi connectivity index (χ4v) is 2.04. The van der Waals surface area contributed by atoms with E-state index in [9.17, 15) is 15.3 Å². The SMILES string of the molecule is [2H]/C(=C\c1ccccc1)COC1O[C@H](CO)[C@@H](O)[C@H](O)[C@H]1O. The second-order valence-corrected chi connectivity index (χ2v) is 4.77. The van der Waals surface area contributed by atoms with Gasteiger partial charge in [0.05, 0.1) is 14.6 Å². The van der Waals surface area contributed by atoms with Gasteiger partial charge in [0.25, 0.3) is 0 Å². The Hall–Kier alpha value is -1.28. The smallest absolute Gasteiger partial charge is 0.187 e. The van der Waals surface area contributed by atoms with E-state index >= 15 is 0 Å². The molecule has 1 aliphatic rings. The third-order valence-corrected chi connectivity index (χ3v) is 3.25. The molecular weight excluding hydrogens is 276 g/mol. The van der Waals surface area contributed by atoms with Crippen LogP contribution in [0, 0.1) is 0 Å². The maximum atomic E-state index is 9.80. The van der Waals surface area contributed by atoms with E-state index in [0.29, 0.717) is 0 Å². The molecule has 2 rings (SSSR count). The highest BCUT2D eigenvalue weighted by atomic mass is 16.7. The molecule has 1 heterocycles. The van der Waals surface area contributed by atoms with Gasteiger partial charge < -0.3 is 29.9 Å². The summed E-state index contributed by atoms with van der Waals surface area (Å²) in [6, 6.07) is 9.38. The average molecular weight is 297 g/mol. The summed E-state index contributed by atoms with van der Waals surface area (Å²) in [4.78, 5) is 0. The van der Waals surface area contributed by atoms with Gasteiger partial charge in [0.15, 0.2) is 6.29 Å². The van der Waals surface area contributed by atoms with Gasteiger partial charge in [0, 0.05) is 0 Å². The molecular formula is C15H20O6. The zero-order valence-corrected chi connectivity index (χ0v) is 11.4. The van der Waals surface area contributed by atoms with Crippen LogP contribution in [0.4, 0.5) is 0 Å². The minimum atomic E-state index is -1.48. The Morgan fingerprint density at radius 2 is 1.86 bits per heavy atom. The second-order valence-electron chi connectivity index (χ2n) is 4.77. The summed E-state index contributed by atoms with van der Waals surface area (Å²) in [5.41, 5.74) is 0.838. The largest absolute Gasteiger partial charge is 0.394 e. The maximum Gasteiger partial charge on any atom is 0.187 e. The molecule has 1 aliphatic heterocycles. The topological polar surface area (TPSA) is 99.4 Å². The molecule has 0 spiro atoms. The molecule has 1 aromatic rings. The van der Waals surface area contributed by atoms with Crippen LogP contribution in [0.5, 0.6) is 0 Å². The van der Waals surface area contributed by atoms with Crippen molar-refractivity contribution in [1.82, 2.24) is 0 Å². The summed E-state index contributed by atoms with van der Waals surface area (Å²) >= 11 is 0. The summed E-state index contributed by atoms with van der Waals surface area (Å²) in [6.07, 6.45) is -5.00. The quantitative estimate of drug-likeness (QED) is 0.586. The van der Waals surface area contributed by atoms with E-state index in [-0.39, 0.29) is 12.7 Å². The molecule has 4 N–H and O–H groups in total. The van der Waals surface area contributed by atoms with Crippen molar-refractivity contribution in [3.63, 3.8) is 0 Å². The van der Waals surface area contributed by atoms with Gasteiger partial charge in [-0.05, 0) is 5.56 Å². The highest BCUT2D eigenvalue weighted by molar-refractivity contribution is 5.48. The normalized spacial score (nSPS) is 34.6. The summed E-state index contributed by atoms with van der Waals surface area (Å²) in [7, 11) is 0. The highest BCUT2D eigenvalue weighted by Crippen LogP contribution is 2.21. The van der Waals surface area contributed by atoms with Gasteiger partial charge in [-0.1, -0.05) is 42.5 Å². The third kappa shape index (κ3) is 4.10. The zero-order chi connectivity index (χ0) is 16.1.